The highest BCUT2D eigenvalue weighted by Crippen LogP contribution is 2.32. The second-order valence-electron chi connectivity index (χ2n) is 4.70. The van der Waals surface area contributed by atoms with E-state index in [0.717, 1.165) is 13.0 Å². The zero-order valence-corrected chi connectivity index (χ0v) is 11.8. The number of hydrogen-bond donors (Lipinski definition) is 1. The van der Waals surface area contributed by atoms with Crippen molar-refractivity contribution < 1.29 is 4.74 Å². The van der Waals surface area contributed by atoms with Gasteiger partial charge in [0.25, 0.3) is 0 Å². The smallest absolute Gasteiger partial charge is 0.0743 e. The van der Waals surface area contributed by atoms with Crippen molar-refractivity contribution in [3.8, 4) is 0 Å². The molecule has 0 radical (unpaired) electrons. The molecule has 4 heteroatoms. The van der Waals surface area contributed by atoms with Gasteiger partial charge in [-0.15, -0.1) is 0 Å². The van der Waals surface area contributed by atoms with Gasteiger partial charge in [-0.3, -0.25) is 4.90 Å². The molecule has 1 saturated heterocycles. The van der Waals surface area contributed by atoms with Crippen LogP contribution in [0.2, 0.25) is 0 Å². The lowest BCUT2D eigenvalue weighted by atomic mass is 9.88. The molecule has 3 nitrogen and oxygen atoms in total. The Morgan fingerprint density at radius 1 is 1.62 bits per heavy atom. The van der Waals surface area contributed by atoms with Gasteiger partial charge in [-0.2, -0.15) is 11.8 Å². The minimum atomic E-state index is 0.0520. The summed E-state index contributed by atoms with van der Waals surface area (Å²) in [6, 6.07) is 0.600. The molecule has 0 spiro atoms. The average molecular weight is 246 g/mol. The third kappa shape index (κ3) is 2.55. The lowest BCUT2D eigenvalue weighted by Crippen LogP contribution is -2.60. The highest BCUT2D eigenvalue weighted by molar-refractivity contribution is 7.98. The van der Waals surface area contributed by atoms with Gasteiger partial charge in [0.05, 0.1) is 11.6 Å². The zero-order chi connectivity index (χ0) is 12.2. The second-order valence-corrected chi connectivity index (χ2v) is 5.61. The van der Waals surface area contributed by atoms with Crippen LogP contribution in [0.3, 0.4) is 0 Å². The van der Waals surface area contributed by atoms with Crippen molar-refractivity contribution in [2.75, 3.05) is 32.2 Å². The molecule has 96 valence electrons. The molecule has 2 N–H and O–H groups in total. The van der Waals surface area contributed by atoms with Crippen LogP contribution in [0.5, 0.6) is 0 Å². The molecule has 1 fully saturated rings. The number of ether oxygens (including phenoxy) is 1. The topological polar surface area (TPSA) is 38.5 Å². The third-order valence-electron chi connectivity index (χ3n) is 4.09. The molecule has 3 atom stereocenters. The maximum atomic E-state index is 6.02. The van der Waals surface area contributed by atoms with E-state index in [4.69, 9.17) is 10.5 Å². The highest BCUT2D eigenvalue weighted by atomic mass is 32.2. The van der Waals surface area contributed by atoms with Gasteiger partial charge in [0.1, 0.15) is 0 Å². The predicted octanol–water partition coefficient (Wildman–Crippen LogP) is 1.57. The fourth-order valence-electron chi connectivity index (χ4n) is 2.71. The van der Waals surface area contributed by atoms with Crippen LogP contribution in [0.15, 0.2) is 0 Å². The van der Waals surface area contributed by atoms with Crippen LogP contribution in [0.25, 0.3) is 0 Å². The van der Waals surface area contributed by atoms with Crippen molar-refractivity contribution in [1.82, 2.24) is 4.90 Å². The van der Waals surface area contributed by atoms with Gasteiger partial charge in [0.2, 0.25) is 0 Å². The molecule has 1 rings (SSSR count). The summed E-state index contributed by atoms with van der Waals surface area (Å²) in [4.78, 5) is 2.47. The van der Waals surface area contributed by atoms with Crippen LogP contribution in [-0.4, -0.2) is 54.8 Å². The summed E-state index contributed by atoms with van der Waals surface area (Å²) in [6.07, 6.45) is 4.65. The molecule has 1 aliphatic heterocycles. The van der Waals surface area contributed by atoms with E-state index >= 15 is 0 Å². The summed E-state index contributed by atoms with van der Waals surface area (Å²) in [5.41, 5.74) is 6.07. The number of nitrogens with zero attached hydrogens (tertiary/aromatic N) is 1. The molecule has 1 aliphatic rings. The fraction of sp³-hybridized carbons (Fsp3) is 1.00. The van der Waals surface area contributed by atoms with Crippen molar-refractivity contribution >= 4 is 11.8 Å². The van der Waals surface area contributed by atoms with Crippen LogP contribution < -0.4 is 5.73 Å². The van der Waals surface area contributed by atoms with E-state index in [-0.39, 0.29) is 11.6 Å². The summed E-state index contributed by atoms with van der Waals surface area (Å²) in [6.45, 7) is 5.94. The minimum Gasteiger partial charge on any atom is -0.376 e. The minimum absolute atomic E-state index is 0.0520. The van der Waals surface area contributed by atoms with E-state index < -0.39 is 0 Å². The van der Waals surface area contributed by atoms with E-state index in [1.54, 1.807) is 0 Å². The van der Waals surface area contributed by atoms with Crippen LogP contribution in [0.1, 0.15) is 26.7 Å². The summed E-state index contributed by atoms with van der Waals surface area (Å²) in [5, 5.41) is 0. The van der Waals surface area contributed by atoms with Gasteiger partial charge >= 0.3 is 0 Å². The first-order valence-electron chi connectivity index (χ1n) is 6.16. The Balaban J connectivity index is 2.78. The SMILES string of the molecule is CCC(CSC)N(C)C1(CN)CCOC1C. The average Bonchev–Trinajstić information content (AvgIpc) is 2.67. The van der Waals surface area contributed by atoms with Crippen molar-refractivity contribution in [1.29, 1.82) is 0 Å². The summed E-state index contributed by atoms with van der Waals surface area (Å²) >= 11 is 1.91. The monoisotopic (exact) mass is 246 g/mol. The lowest BCUT2D eigenvalue weighted by Gasteiger charge is -2.44. The molecule has 16 heavy (non-hydrogen) atoms. The lowest BCUT2D eigenvalue weighted by molar-refractivity contribution is 0.0102. The Kier molecular flexibility index (Phi) is 5.57. The normalized spacial score (nSPS) is 32.2. The number of thioether (sulfide) groups is 1. The van der Waals surface area contributed by atoms with Gasteiger partial charge in [-0.05, 0) is 33.1 Å². The largest absolute Gasteiger partial charge is 0.376 e. The number of likely N-dealkylation sites (N-methyl/N-ethyl adjacent to an activating group) is 1. The van der Waals surface area contributed by atoms with Gasteiger partial charge in [0.15, 0.2) is 0 Å². The van der Waals surface area contributed by atoms with E-state index in [2.05, 4.69) is 32.1 Å². The molecule has 0 aliphatic carbocycles. The molecule has 0 aromatic rings. The Hall–Kier alpha value is 0.230. The van der Waals surface area contributed by atoms with E-state index in [9.17, 15) is 0 Å². The molecule has 0 amide bonds. The highest BCUT2D eigenvalue weighted by Gasteiger charge is 2.45. The predicted molar refractivity (Wildman–Crippen MR) is 72.0 cm³/mol. The first-order valence-corrected chi connectivity index (χ1v) is 7.55. The standard InChI is InChI=1S/C12H26N2OS/c1-5-11(8-16-4)14(3)12(9-13)6-7-15-10(12)2/h10-11H,5-9,13H2,1-4H3. The van der Waals surface area contributed by atoms with Crippen LogP contribution in [0, 0.1) is 0 Å². The van der Waals surface area contributed by atoms with Crippen LogP contribution in [0.4, 0.5) is 0 Å². The van der Waals surface area contributed by atoms with Gasteiger partial charge in [0, 0.05) is 24.9 Å². The Morgan fingerprint density at radius 2 is 2.31 bits per heavy atom. The zero-order valence-electron chi connectivity index (χ0n) is 11.0. The third-order valence-corrected chi connectivity index (χ3v) is 4.81. The Morgan fingerprint density at radius 3 is 2.69 bits per heavy atom. The van der Waals surface area contributed by atoms with Crippen molar-refractivity contribution in [2.45, 2.75) is 44.4 Å². The Bertz CT molecular complexity index is 215. The van der Waals surface area contributed by atoms with Crippen LogP contribution in [-0.2, 0) is 4.74 Å². The number of rotatable bonds is 6. The van der Waals surface area contributed by atoms with Crippen molar-refractivity contribution in [3.05, 3.63) is 0 Å². The number of nitrogens with two attached hydrogens (primary N) is 1. The summed E-state index contributed by atoms with van der Waals surface area (Å²) in [5.74, 6) is 1.17. The molecular formula is C12H26N2OS. The molecule has 0 saturated carbocycles. The molecule has 1 heterocycles. The number of hydrogen-bond acceptors (Lipinski definition) is 4. The molecule has 0 aromatic heterocycles. The van der Waals surface area contributed by atoms with E-state index in [1.807, 2.05) is 11.8 Å². The van der Waals surface area contributed by atoms with E-state index in [0.29, 0.717) is 12.6 Å². The van der Waals surface area contributed by atoms with Crippen LogP contribution >= 0.6 is 11.8 Å². The maximum absolute atomic E-state index is 6.02. The van der Waals surface area contributed by atoms with E-state index in [1.165, 1.54) is 12.2 Å². The maximum Gasteiger partial charge on any atom is 0.0743 e. The van der Waals surface area contributed by atoms with Gasteiger partial charge < -0.3 is 10.5 Å². The first kappa shape index (κ1) is 14.3. The van der Waals surface area contributed by atoms with Gasteiger partial charge in [-0.25, -0.2) is 0 Å². The molecule has 0 aromatic carbocycles. The second kappa shape index (κ2) is 6.24. The molecule has 3 unspecified atom stereocenters. The van der Waals surface area contributed by atoms with Gasteiger partial charge in [-0.1, -0.05) is 6.92 Å². The van der Waals surface area contributed by atoms with Crippen molar-refractivity contribution in [3.63, 3.8) is 0 Å². The Labute approximate surface area is 104 Å². The molecule has 0 bridgehead atoms. The molecular weight excluding hydrogens is 220 g/mol. The van der Waals surface area contributed by atoms with Crippen molar-refractivity contribution in [2.24, 2.45) is 5.73 Å². The summed E-state index contributed by atoms with van der Waals surface area (Å²) in [7, 11) is 2.21. The summed E-state index contributed by atoms with van der Waals surface area (Å²) < 4.78 is 5.73. The fourth-order valence-corrected chi connectivity index (χ4v) is 3.55. The quantitative estimate of drug-likeness (QED) is 0.772. The first-order chi connectivity index (χ1) is 7.62.